The van der Waals surface area contributed by atoms with Crippen molar-refractivity contribution in [3.05, 3.63) is 58.6 Å². The van der Waals surface area contributed by atoms with Crippen molar-refractivity contribution in [3.63, 3.8) is 0 Å². The van der Waals surface area contributed by atoms with Crippen LogP contribution in [0.4, 0.5) is 0 Å². The molecule has 5 rings (SSSR count). The first-order valence-corrected chi connectivity index (χ1v) is 10.6. The average Bonchev–Trinajstić information content (AvgIpc) is 3.21. The molecular formula is C21H20N4O3S. The van der Waals surface area contributed by atoms with Crippen molar-refractivity contribution in [2.24, 2.45) is 10.1 Å². The summed E-state index contributed by atoms with van der Waals surface area (Å²) < 4.78 is 11.0. The van der Waals surface area contributed by atoms with Gasteiger partial charge in [-0.25, -0.2) is 5.01 Å². The number of hydrogen-bond acceptors (Lipinski definition) is 7. The van der Waals surface area contributed by atoms with Crippen molar-refractivity contribution in [3.8, 4) is 11.5 Å². The Morgan fingerprint density at radius 3 is 2.97 bits per heavy atom. The molecule has 0 spiro atoms. The highest BCUT2D eigenvalue weighted by atomic mass is 32.2. The summed E-state index contributed by atoms with van der Waals surface area (Å²) in [5.41, 5.74) is 1.40. The Hall–Kier alpha value is -3.00. The van der Waals surface area contributed by atoms with Gasteiger partial charge >= 0.3 is 0 Å². The molecule has 3 heterocycles. The van der Waals surface area contributed by atoms with Gasteiger partial charge in [0.2, 0.25) is 6.79 Å². The third kappa shape index (κ3) is 3.23. The van der Waals surface area contributed by atoms with Crippen LogP contribution in [0.3, 0.4) is 0 Å². The third-order valence-electron chi connectivity index (χ3n) is 4.95. The van der Waals surface area contributed by atoms with Crippen LogP contribution in [0.15, 0.2) is 52.6 Å². The predicted octanol–water partition coefficient (Wildman–Crippen LogP) is 2.09. The molecule has 1 atom stereocenters. The largest absolute Gasteiger partial charge is 0.454 e. The predicted molar refractivity (Wildman–Crippen MR) is 111 cm³/mol. The summed E-state index contributed by atoms with van der Waals surface area (Å²) in [4.78, 5) is 17.9. The summed E-state index contributed by atoms with van der Waals surface area (Å²) >= 11 is 1.56. The van der Waals surface area contributed by atoms with Gasteiger partial charge in [-0.2, -0.15) is 0 Å². The SMILES string of the molecule is CCCCSC1=NN2C(=c3ccccc3=N[C@H]2c2ccc3c(c2)OCO3)C(=O)N1. The van der Waals surface area contributed by atoms with E-state index in [-0.39, 0.29) is 12.7 Å². The molecule has 29 heavy (non-hydrogen) atoms. The van der Waals surface area contributed by atoms with E-state index in [1.165, 1.54) is 0 Å². The van der Waals surface area contributed by atoms with Gasteiger partial charge in [0.05, 0.1) is 5.36 Å². The fraction of sp³-hybridized carbons (Fsp3) is 0.286. The third-order valence-corrected chi connectivity index (χ3v) is 5.90. The summed E-state index contributed by atoms with van der Waals surface area (Å²) in [6.07, 6.45) is 1.70. The minimum atomic E-state index is -0.456. The standard InChI is InChI=1S/C21H20N4O3S/c1-2-3-10-29-21-23-20(26)18-14-6-4-5-7-15(14)22-19(25(18)24-21)13-8-9-16-17(11-13)28-12-27-16/h4-9,11,19H,2-3,10,12H2,1H3,(H,23,24,26)/t19-/m1/s1. The molecule has 3 aliphatic heterocycles. The fourth-order valence-electron chi connectivity index (χ4n) is 3.50. The number of benzene rings is 2. The smallest absolute Gasteiger partial charge is 0.276 e. The Kier molecular flexibility index (Phi) is 4.63. The fourth-order valence-corrected chi connectivity index (χ4v) is 4.43. The maximum atomic E-state index is 13.0. The Morgan fingerprint density at radius 2 is 2.07 bits per heavy atom. The quantitative estimate of drug-likeness (QED) is 0.784. The minimum absolute atomic E-state index is 0.160. The Bertz CT molecular complexity index is 1130. The molecule has 0 bridgehead atoms. The van der Waals surface area contributed by atoms with Crippen LogP contribution in [-0.2, 0) is 4.79 Å². The number of carbonyl (C=O) groups excluding carboxylic acids is 1. The molecule has 1 N–H and O–H groups in total. The lowest BCUT2D eigenvalue weighted by Crippen LogP contribution is -2.50. The number of amides is 1. The number of nitrogens with one attached hydrogen (secondary N) is 1. The van der Waals surface area contributed by atoms with Crippen LogP contribution in [-0.4, -0.2) is 28.6 Å². The Labute approximate surface area is 172 Å². The van der Waals surface area contributed by atoms with Gasteiger partial charge in [0.1, 0.15) is 5.70 Å². The number of amidine groups is 1. The van der Waals surface area contributed by atoms with Gasteiger partial charge in [-0.05, 0) is 24.6 Å². The molecular weight excluding hydrogens is 388 g/mol. The number of rotatable bonds is 4. The Morgan fingerprint density at radius 1 is 1.21 bits per heavy atom. The maximum Gasteiger partial charge on any atom is 0.276 e. The first-order chi connectivity index (χ1) is 14.2. The highest BCUT2D eigenvalue weighted by molar-refractivity contribution is 8.13. The zero-order chi connectivity index (χ0) is 19.8. The van der Waals surface area contributed by atoms with Gasteiger partial charge < -0.3 is 9.47 Å². The zero-order valence-corrected chi connectivity index (χ0v) is 16.7. The van der Waals surface area contributed by atoms with Crippen LogP contribution in [0.2, 0.25) is 0 Å². The van der Waals surface area contributed by atoms with Crippen LogP contribution < -0.4 is 25.4 Å². The molecule has 0 unspecified atom stereocenters. The molecule has 0 saturated heterocycles. The molecule has 0 aliphatic carbocycles. The number of thioether (sulfide) groups is 1. The number of nitrogens with zero attached hydrogens (tertiary/aromatic N) is 3. The van der Waals surface area contributed by atoms with Crippen molar-refractivity contribution in [1.82, 2.24) is 10.3 Å². The summed E-state index contributed by atoms with van der Waals surface area (Å²) in [5.74, 6) is 2.14. The van der Waals surface area contributed by atoms with Crippen LogP contribution in [0.1, 0.15) is 31.5 Å². The van der Waals surface area contributed by atoms with E-state index >= 15 is 0 Å². The van der Waals surface area contributed by atoms with Gasteiger partial charge in [-0.3, -0.25) is 15.1 Å². The molecule has 8 heteroatoms. The van der Waals surface area contributed by atoms with E-state index in [9.17, 15) is 4.79 Å². The lowest BCUT2D eigenvalue weighted by atomic mass is 10.1. The molecule has 2 aromatic carbocycles. The van der Waals surface area contributed by atoms with E-state index in [2.05, 4.69) is 12.2 Å². The van der Waals surface area contributed by atoms with Crippen LogP contribution in [0.5, 0.6) is 11.5 Å². The molecule has 3 aliphatic rings. The highest BCUT2D eigenvalue weighted by Gasteiger charge is 2.35. The van der Waals surface area contributed by atoms with Gasteiger partial charge in [0.15, 0.2) is 22.8 Å². The van der Waals surface area contributed by atoms with E-state index in [1.807, 2.05) is 42.5 Å². The first kappa shape index (κ1) is 18.1. The van der Waals surface area contributed by atoms with Crippen molar-refractivity contribution >= 4 is 28.5 Å². The second-order valence-electron chi connectivity index (χ2n) is 6.89. The van der Waals surface area contributed by atoms with E-state index in [4.69, 9.17) is 19.6 Å². The topological polar surface area (TPSA) is 75.5 Å². The van der Waals surface area contributed by atoms with Gasteiger partial charge in [-0.15, -0.1) is 5.10 Å². The molecule has 0 radical (unpaired) electrons. The molecule has 1 amide bonds. The number of ether oxygens (including phenoxy) is 2. The van der Waals surface area contributed by atoms with E-state index in [1.54, 1.807) is 16.8 Å². The van der Waals surface area contributed by atoms with Crippen molar-refractivity contribution in [1.29, 1.82) is 0 Å². The summed E-state index contributed by atoms with van der Waals surface area (Å²) in [5, 5.41) is 11.6. The van der Waals surface area contributed by atoms with Gasteiger partial charge in [0.25, 0.3) is 5.91 Å². The molecule has 0 aromatic heterocycles. The lowest BCUT2D eigenvalue weighted by molar-refractivity contribution is -0.116. The Balaban J connectivity index is 1.62. The maximum absolute atomic E-state index is 13.0. The van der Waals surface area contributed by atoms with E-state index in [0.717, 1.165) is 34.7 Å². The molecule has 148 valence electrons. The van der Waals surface area contributed by atoms with E-state index < -0.39 is 6.17 Å². The second kappa shape index (κ2) is 7.44. The number of unbranched alkanes of at least 4 members (excludes halogenated alkanes) is 1. The zero-order valence-electron chi connectivity index (χ0n) is 15.9. The average molecular weight is 408 g/mol. The van der Waals surface area contributed by atoms with Crippen molar-refractivity contribution < 1.29 is 14.3 Å². The normalized spacial score (nSPS) is 19.1. The molecule has 0 saturated carbocycles. The van der Waals surface area contributed by atoms with Gasteiger partial charge in [0, 0.05) is 16.5 Å². The number of hydrogen-bond donors (Lipinski definition) is 1. The molecule has 7 nitrogen and oxygen atoms in total. The van der Waals surface area contributed by atoms with E-state index in [0.29, 0.717) is 22.4 Å². The van der Waals surface area contributed by atoms with Crippen molar-refractivity contribution in [2.45, 2.75) is 25.9 Å². The van der Waals surface area contributed by atoms with Crippen LogP contribution >= 0.6 is 11.8 Å². The second-order valence-corrected chi connectivity index (χ2v) is 7.97. The number of para-hydroxylation sites is 1. The summed E-state index contributed by atoms with van der Waals surface area (Å²) in [6.45, 7) is 2.35. The highest BCUT2D eigenvalue weighted by Crippen LogP contribution is 2.38. The number of carbonyl (C=O) groups is 1. The monoisotopic (exact) mass is 408 g/mol. The van der Waals surface area contributed by atoms with Crippen molar-refractivity contribution in [2.75, 3.05) is 12.5 Å². The summed E-state index contributed by atoms with van der Waals surface area (Å²) in [7, 11) is 0. The molecule has 0 fully saturated rings. The first-order valence-electron chi connectivity index (χ1n) is 9.63. The van der Waals surface area contributed by atoms with Crippen LogP contribution in [0.25, 0.3) is 5.70 Å². The molecule has 2 aromatic rings. The number of hydrazone groups is 1. The van der Waals surface area contributed by atoms with Gasteiger partial charge in [-0.1, -0.05) is 49.4 Å². The minimum Gasteiger partial charge on any atom is -0.454 e. The lowest BCUT2D eigenvalue weighted by Gasteiger charge is -2.34. The van der Waals surface area contributed by atoms with Crippen LogP contribution in [0, 0.1) is 0 Å². The number of fused-ring (bicyclic) bond motifs is 3. The summed E-state index contributed by atoms with van der Waals surface area (Å²) in [6, 6.07) is 13.4.